The monoisotopic (exact) mass is 576 g/mol. The zero-order valence-corrected chi connectivity index (χ0v) is 26.3. The Bertz CT molecular complexity index is 833. The largest absolute Gasteiger partial charge is 0.449 e. The van der Waals surface area contributed by atoms with Gasteiger partial charge in [0.1, 0.15) is 13.1 Å². The number of amides is 3. The molecule has 1 rings (SSSR count). The summed E-state index contributed by atoms with van der Waals surface area (Å²) in [4.78, 5) is 37.4. The third-order valence-electron chi connectivity index (χ3n) is 7.34. The zero-order chi connectivity index (χ0) is 30.0. The van der Waals surface area contributed by atoms with E-state index in [0.29, 0.717) is 13.0 Å². The van der Waals surface area contributed by atoms with Gasteiger partial charge in [0.15, 0.2) is 6.20 Å². The number of nitrogens with zero attached hydrogens (tertiary/aromatic N) is 2. The summed E-state index contributed by atoms with van der Waals surface area (Å²) >= 11 is 0. The van der Waals surface area contributed by atoms with Crippen molar-refractivity contribution < 1.29 is 28.4 Å². The van der Waals surface area contributed by atoms with Gasteiger partial charge in [-0.25, -0.2) is 19.1 Å². The second-order valence-corrected chi connectivity index (χ2v) is 10.9. The van der Waals surface area contributed by atoms with Crippen molar-refractivity contribution in [2.24, 2.45) is 0 Å². The van der Waals surface area contributed by atoms with E-state index < -0.39 is 12.2 Å². The van der Waals surface area contributed by atoms with Crippen LogP contribution in [0.5, 0.6) is 0 Å². The van der Waals surface area contributed by atoms with Gasteiger partial charge in [-0.3, -0.25) is 4.79 Å². The van der Waals surface area contributed by atoms with Gasteiger partial charge in [-0.05, 0) is 13.3 Å². The molecule has 1 aromatic rings. The van der Waals surface area contributed by atoms with Gasteiger partial charge in [-0.15, -0.1) is 0 Å². The number of aryl methyl sites for hydroxylation is 1. The van der Waals surface area contributed by atoms with E-state index in [1.807, 2.05) is 35.9 Å². The Morgan fingerprint density at radius 3 is 1.80 bits per heavy atom. The molecule has 0 aromatic carbocycles. The number of alkyl carbamates (subject to hydrolysis) is 1. The molecular formula is C33H58N3O5+. The average molecular weight is 577 g/mol. The van der Waals surface area contributed by atoms with Crippen LogP contribution in [0.3, 0.4) is 0 Å². The lowest BCUT2D eigenvalue weighted by Gasteiger charge is -2.17. The normalized spacial score (nSPS) is 10.8. The highest BCUT2D eigenvalue weighted by atomic mass is 16.6. The highest BCUT2D eigenvalue weighted by molar-refractivity contribution is 5.90. The molecule has 1 aromatic heterocycles. The van der Waals surface area contributed by atoms with E-state index in [-0.39, 0.29) is 25.7 Å². The average Bonchev–Trinajstić information content (AvgIpc) is 2.97. The molecule has 0 radical (unpaired) electrons. The number of carbonyl (C=O) groups is 3. The number of aromatic nitrogens is 1. The van der Waals surface area contributed by atoms with Crippen molar-refractivity contribution in [2.45, 2.75) is 143 Å². The van der Waals surface area contributed by atoms with E-state index in [2.05, 4.69) is 12.2 Å². The molecule has 1 N–H and O–H groups in total. The lowest BCUT2D eigenvalue weighted by molar-refractivity contribution is -0.701. The van der Waals surface area contributed by atoms with Crippen LogP contribution in [0.15, 0.2) is 24.4 Å². The van der Waals surface area contributed by atoms with Crippen molar-refractivity contribution in [2.75, 3.05) is 19.8 Å². The number of carbonyl (C=O) groups excluding carboxylic acids is 3. The molecule has 0 aliphatic heterocycles. The van der Waals surface area contributed by atoms with E-state index in [9.17, 15) is 14.4 Å². The van der Waals surface area contributed by atoms with Crippen LogP contribution in [0.4, 0.5) is 9.59 Å². The lowest BCUT2D eigenvalue weighted by atomic mass is 10.0. The molecule has 8 heteroatoms. The van der Waals surface area contributed by atoms with Crippen LogP contribution >= 0.6 is 0 Å². The van der Waals surface area contributed by atoms with Gasteiger partial charge >= 0.3 is 12.2 Å². The summed E-state index contributed by atoms with van der Waals surface area (Å²) in [7, 11) is 0. The summed E-state index contributed by atoms with van der Waals surface area (Å²) < 4.78 is 12.4. The fourth-order valence-corrected chi connectivity index (χ4v) is 4.81. The van der Waals surface area contributed by atoms with Gasteiger partial charge in [-0.1, -0.05) is 109 Å². The molecule has 0 bridgehead atoms. The van der Waals surface area contributed by atoms with E-state index in [4.69, 9.17) is 9.47 Å². The van der Waals surface area contributed by atoms with Crippen molar-refractivity contribution in [1.29, 1.82) is 0 Å². The highest BCUT2D eigenvalue weighted by Gasteiger charge is 2.23. The fraction of sp³-hybridized carbons (Fsp3) is 0.758. The van der Waals surface area contributed by atoms with Crippen molar-refractivity contribution in [3.63, 3.8) is 0 Å². The number of imide groups is 1. The number of ether oxygens (including phenoxy) is 2. The molecule has 0 spiro atoms. The quantitative estimate of drug-likeness (QED) is 0.1000. The van der Waals surface area contributed by atoms with Crippen molar-refractivity contribution in [1.82, 2.24) is 10.2 Å². The number of pyridine rings is 1. The standard InChI is InChI=1S/C33H57N3O5/c1-4-6-7-8-9-10-11-12-13-14-15-16-17-18-19-21-25-34-32(38)40-27-23-28-41-33(39)36(30(3)37)29-31-24-20-22-26-35(31)5-2/h20,22,24,26H,4-19,21,23,25,27-29H2,1-3H3/p+1. The first-order chi connectivity index (χ1) is 20.0. The SMILES string of the molecule is CCCCCCCCCCCCCCCCCCNC(=O)OCCCOC(=O)N(Cc1cccc[n+]1CC)C(C)=O. The summed E-state index contributed by atoms with van der Waals surface area (Å²) in [6.07, 6.45) is 22.3. The molecule has 0 unspecified atom stereocenters. The predicted octanol–water partition coefficient (Wildman–Crippen LogP) is 7.86. The molecule has 0 aliphatic carbocycles. The molecule has 1 heterocycles. The van der Waals surface area contributed by atoms with E-state index >= 15 is 0 Å². The summed E-state index contributed by atoms with van der Waals surface area (Å²) in [6, 6.07) is 5.65. The van der Waals surface area contributed by atoms with Crippen LogP contribution in [0.2, 0.25) is 0 Å². The molecule has 0 atom stereocenters. The predicted molar refractivity (Wildman–Crippen MR) is 163 cm³/mol. The third kappa shape index (κ3) is 19.2. The Balaban J connectivity index is 1.96. The van der Waals surface area contributed by atoms with E-state index in [0.717, 1.165) is 30.0 Å². The maximum Gasteiger partial charge on any atom is 0.417 e. The highest BCUT2D eigenvalue weighted by Crippen LogP contribution is 2.13. The van der Waals surface area contributed by atoms with Gasteiger partial charge < -0.3 is 14.8 Å². The second-order valence-electron chi connectivity index (χ2n) is 10.9. The summed E-state index contributed by atoms with van der Waals surface area (Å²) in [5.41, 5.74) is 0.839. The first-order valence-corrected chi connectivity index (χ1v) is 16.3. The molecule has 0 aliphatic rings. The van der Waals surface area contributed by atoms with Crippen LogP contribution in [0, 0.1) is 0 Å². The summed E-state index contributed by atoms with van der Waals surface area (Å²) in [6.45, 7) is 7.30. The number of unbranched alkanes of at least 4 members (excludes halogenated alkanes) is 15. The number of rotatable bonds is 24. The van der Waals surface area contributed by atoms with E-state index in [1.165, 1.54) is 96.8 Å². The minimum absolute atomic E-state index is 0.0670. The van der Waals surface area contributed by atoms with Crippen molar-refractivity contribution in [3.05, 3.63) is 30.1 Å². The minimum atomic E-state index is -0.697. The molecule has 0 saturated carbocycles. The van der Waals surface area contributed by atoms with E-state index in [1.54, 1.807) is 0 Å². The summed E-state index contributed by atoms with van der Waals surface area (Å²) in [5.74, 6) is -0.383. The molecule has 8 nitrogen and oxygen atoms in total. The maximum atomic E-state index is 12.4. The van der Waals surface area contributed by atoms with Gasteiger partial charge in [0.2, 0.25) is 11.6 Å². The van der Waals surface area contributed by atoms with Crippen LogP contribution in [0.1, 0.15) is 136 Å². The first kappa shape index (κ1) is 36.4. The number of nitrogens with one attached hydrogen (secondary N) is 1. The molecule has 0 saturated heterocycles. The Morgan fingerprint density at radius 1 is 0.732 bits per heavy atom. The number of hydrogen-bond donors (Lipinski definition) is 1. The topological polar surface area (TPSA) is 88.8 Å². The van der Waals surface area contributed by atoms with Crippen LogP contribution in [-0.2, 0) is 27.4 Å². The van der Waals surface area contributed by atoms with Crippen molar-refractivity contribution >= 4 is 18.1 Å². The van der Waals surface area contributed by atoms with Crippen LogP contribution in [-0.4, -0.2) is 42.8 Å². The van der Waals surface area contributed by atoms with Crippen LogP contribution < -0.4 is 9.88 Å². The minimum Gasteiger partial charge on any atom is -0.449 e. The molecular weight excluding hydrogens is 518 g/mol. The van der Waals surface area contributed by atoms with Gasteiger partial charge in [0, 0.05) is 32.0 Å². The van der Waals surface area contributed by atoms with Crippen molar-refractivity contribution in [3.8, 4) is 0 Å². The fourth-order valence-electron chi connectivity index (χ4n) is 4.81. The summed E-state index contributed by atoms with van der Waals surface area (Å²) in [5, 5.41) is 2.78. The van der Waals surface area contributed by atoms with Gasteiger partial charge in [0.25, 0.3) is 0 Å². The van der Waals surface area contributed by atoms with Gasteiger partial charge in [-0.2, -0.15) is 0 Å². The Labute approximate surface area is 249 Å². The Morgan fingerprint density at radius 2 is 1.27 bits per heavy atom. The Kier molecular flexibility index (Phi) is 22.3. The number of hydrogen-bond acceptors (Lipinski definition) is 5. The maximum absolute atomic E-state index is 12.4. The lowest BCUT2D eigenvalue weighted by Crippen LogP contribution is -2.43. The molecule has 3 amide bonds. The van der Waals surface area contributed by atoms with Crippen LogP contribution in [0.25, 0.3) is 0 Å². The second kappa shape index (κ2) is 25.1. The first-order valence-electron chi connectivity index (χ1n) is 16.3. The Hall–Kier alpha value is -2.64. The molecule has 0 fully saturated rings. The third-order valence-corrected chi connectivity index (χ3v) is 7.34. The van der Waals surface area contributed by atoms with Gasteiger partial charge in [0.05, 0.1) is 13.2 Å². The molecule has 41 heavy (non-hydrogen) atoms. The zero-order valence-electron chi connectivity index (χ0n) is 26.3. The smallest absolute Gasteiger partial charge is 0.417 e. The molecule has 234 valence electrons.